The maximum Gasteiger partial charge on any atom is 0.256 e. The quantitative estimate of drug-likeness (QED) is 0.880. The van der Waals surface area contributed by atoms with E-state index < -0.39 is 12.0 Å². The molecule has 6 heteroatoms. The van der Waals surface area contributed by atoms with Crippen molar-refractivity contribution in [3.05, 3.63) is 22.7 Å². The van der Waals surface area contributed by atoms with Gasteiger partial charge in [0.2, 0.25) is 0 Å². The SMILES string of the molecule is COc1cc(Cl)cc(CC(C)(N)C(F)F)c1O. The van der Waals surface area contributed by atoms with Crippen LogP contribution in [0.25, 0.3) is 0 Å². The molecule has 1 rings (SSSR count). The van der Waals surface area contributed by atoms with Crippen molar-refractivity contribution in [1.29, 1.82) is 0 Å². The summed E-state index contributed by atoms with van der Waals surface area (Å²) in [5.41, 5.74) is 3.96. The molecule has 0 aliphatic carbocycles. The van der Waals surface area contributed by atoms with E-state index in [0.29, 0.717) is 5.02 Å². The minimum atomic E-state index is -2.70. The predicted octanol–water partition coefficient (Wildman–Crippen LogP) is 2.58. The largest absolute Gasteiger partial charge is 0.504 e. The maximum absolute atomic E-state index is 12.6. The van der Waals surface area contributed by atoms with Gasteiger partial charge in [-0.2, -0.15) is 0 Å². The first kappa shape index (κ1) is 14.0. The molecule has 0 heterocycles. The van der Waals surface area contributed by atoms with E-state index in [0.717, 1.165) is 0 Å². The van der Waals surface area contributed by atoms with Gasteiger partial charge in [0, 0.05) is 16.7 Å². The van der Waals surface area contributed by atoms with Gasteiger partial charge >= 0.3 is 0 Å². The Morgan fingerprint density at radius 2 is 2.12 bits per heavy atom. The molecular weight excluding hydrogens is 252 g/mol. The van der Waals surface area contributed by atoms with E-state index in [1.54, 1.807) is 0 Å². The molecule has 3 nitrogen and oxygen atoms in total. The second kappa shape index (κ2) is 5.06. The molecule has 1 aromatic carbocycles. The van der Waals surface area contributed by atoms with E-state index in [1.165, 1.54) is 26.2 Å². The highest BCUT2D eigenvalue weighted by Crippen LogP contribution is 2.35. The standard InChI is InChI=1S/C11H14ClF2NO2/c1-11(15,10(13)14)5-6-3-7(12)4-8(17-2)9(6)16/h3-4,10,16H,5,15H2,1-2H3. The van der Waals surface area contributed by atoms with Crippen LogP contribution < -0.4 is 10.5 Å². The fraction of sp³-hybridized carbons (Fsp3) is 0.455. The smallest absolute Gasteiger partial charge is 0.256 e. The molecule has 0 amide bonds. The zero-order chi connectivity index (χ0) is 13.2. The van der Waals surface area contributed by atoms with Gasteiger partial charge in [0.25, 0.3) is 6.43 Å². The molecular formula is C11H14ClF2NO2. The second-order valence-corrected chi connectivity index (χ2v) is 4.54. The molecule has 1 unspecified atom stereocenters. The fourth-order valence-corrected chi connectivity index (χ4v) is 1.64. The minimum Gasteiger partial charge on any atom is -0.504 e. The molecule has 0 aromatic heterocycles. The van der Waals surface area contributed by atoms with Crippen molar-refractivity contribution in [2.75, 3.05) is 7.11 Å². The monoisotopic (exact) mass is 265 g/mol. The summed E-state index contributed by atoms with van der Waals surface area (Å²) < 4.78 is 30.2. The van der Waals surface area contributed by atoms with Gasteiger partial charge in [-0.25, -0.2) is 8.78 Å². The number of methoxy groups -OCH3 is 1. The first-order valence-electron chi connectivity index (χ1n) is 4.90. The van der Waals surface area contributed by atoms with Gasteiger partial charge in [-0.1, -0.05) is 11.6 Å². The second-order valence-electron chi connectivity index (χ2n) is 4.10. The lowest BCUT2D eigenvalue weighted by atomic mass is 9.93. The van der Waals surface area contributed by atoms with Crippen LogP contribution in [0.4, 0.5) is 8.78 Å². The van der Waals surface area contributed by atoms with Crippen molar-refractivity contribution in [2.45, 2.75) is 25.3 Å². The lowest BCUT2D eigenvalue weighted by Crippen LogP contribution is -2.45. The van der Waals surface area contributed by atoms with Crippen LogP contribution in [0.5, 0.6) is 11.5 Å². The first-order valence-corrected chi connectivity index (χ1v) is 5.28. The third kappa shape index (κ3) is 3.20. The molecule has 17 heavy (non-hydrogen) atoms. The van der Waals surface area contributed by atoms with Gasteiger partial charge < -0.3 is 15.6 Å². The summed E-state index contributed by atoms with van der Waals surface area (Å²) in [6.45, 7) is 1.21. The number of phenolic OH excluding ortho intramolecular Hbond substituents is 1. The van der Waals surface area contributed by atoms with Gasteiger partial charge in [0.1, 0.15) is 0 Å². The first-order chi connectivity index (χ1) is 7.77. The summed E-state index contributed by atoms with van der Waals surface area (Å²) in [6, 6.07) is 2.80. The summed E-state index contributed by atoms with van der Waals surface area (Å²) in [5.74, 6) is -0.0770. The highest BCUT2D eigenvalue weighted by atomic mass is 35.5. The van der Waals surface area contributed by atoms with Crippen molar-refractivity contribution >= 4 is 11.6 Å². The van der Waals surface area contributed by atoms with Crippen molar-refractivity contribution < 1.29 is 18.6 Å². The van der Waals surface area contributed by atoms with Crippen LogP contribution in [0.3, 0.4) is 0 Å². The molecule has 1 atom stereocenters. The summed E-state index contributed by atoms with van der Waals surface area (Å²) in [5, 5.41) is 10.1. The van der Waals surface area contributed by atoms with Crippen LogP contribution in [-0.4, -0.2) is 24.2 Å². The Balaban J connectivity index is 3.11. The molecule has 0 spiro atoms. The van der Waals surface area contributed by atoms with Crippen LogP contribution >= 0.6 is 11.6 Å². The summed E-state index contributed by atoms with van der Waals surface area (Å²) in [6.07, 6.45) is -2.90. The number of benzene rings is 1. The van der Waals surface area contributed by atoms with Gasteiger partial charge in [0.15, 0.2) is 11.5 Å². The number of halogens is 3. The van der Waals surface area contributed by atoms with E-state index in [-0.39, 0.29) is 23.5 Å². The number of hydrogen-bond donors (Lipinski definition) is 2. The Hall–Kier alpha value is -1.07. The van der Waals surface area contributed by atoms with E-state index >= 15 is 0 Å². The molecule has 1 aromatic rings. The van der Waals surface area contributed by atoms with Gasteiger partial charge in [-0.3, -0.25) is 0 Å². The number of alkyl halides is 2. The Morgan fingerprint density at radius 1 is 1.53 bits per heavy atom. The van der Waals surface area contributed by atoms with E-state index in [2.05, 4.69) is 0 Å². The summed E-state index contributed by atoms with van der Waals surface area (Å²) in [7, 11) is 1.35. The van der Waals surface area contributed by atoms with Gasteiger partial charge in [-0.05, 0) is 19.4 Å². The number of aromatic hydroxyl groups is 1. The zero-order valence-electron chi connectivity index (χ0n) is 9.51. The highest BCUT2D eigenvalue weighted by molar-refractivity contribution is 6.30. The fourth-order valence-electron chi connectivity index (χ4n) is 1.41. The number of phenols is 1. The molecule has 0 saturated carbocycles. The molecule has 0 fully saturated rings. The predicted molar refractivity (Wildman–Crippen MR) is 62.0 cm³/mol. The number of ether oxygens (including phenoxy) is 1. The van der Waals surface area contributed by atoms with Gasteiger partial charge in [-0.15, -0.1) is 0 Å². The lowest BCUT2D eigenvalue weighted by molar-refractivity contribution is 0.0636. The van der Waals surface area contributed by atoms with E-state index in [1.807, 2.05) is 0 Å². The number of nitrogens with two attached hydrogens (primary N) is 1. The van der Waals surface area contributed by atoms with Crippen molar-refractivity contribution in [3.8, 4) is 11.5 Å². The van der Waals surface area contributed by atoms with E-state index in [9.17, 15) is 13.9 Å². The zero-order valence-corrected chi connectivity index (χ0v) is 10.3. The molecule has 0 saturated heterocycles. The third-order valence-electron chi connectivity index (χ3n) is 2.41. The highest BCUT2D eigenvalue weighted by Gasteiger charge is 2.32. The van der Waals surface area contributed by atoms with Crippen molar-refractivity contribution in [3.63, 3.8) is 0 Å². The molecule has 0 aliphatic rings. The molecule has 0 aliphatic heterocycles. The Bertz CT molecular complexity index is 411. The molecule has 96 valence electrons. The average molecular weight is 266 g/mol. The number of rotatable bonds is 4. The lowest BCUT2D eigenvalue weighted by Gasteiger charge is -2.24. The van der Waals surface area contributed by atoms with Crippen LogP contribution in [0.15, 0.2) is 12.1 Å². The molecule has 0 radical (unpaired) electrons. The molecule has 0 bridgehead atoms. The van der Waals surface area contributed by atoms with Crippen molar-refractivity contribution in [2.24, 2.45) is 5.73 Å². The Labute approximate surface area is 103 Å². The summed E-state index contributed by atoms with van der Waals surface area (Å²) >= 11 is 5.79. The van der Waals surface area contributed by atoms with Crippen molar-refractivity contribution in [1.82, 2.24) is 0 Å². The number of hydrogen-bond acceptors (Lipinski definition) is 3. The maximum atomic E-state index is 12.6. The normalized spacial score (nSPS) is 14.8. The van der Waals surface area contributed by atoms with Gasteiger partial charge in [0.05, 0.1) is 12.6 Å². The van der Waals surface area contributed by atoms with E-state index in [4.69, 9.17) is 22.1 Å². The van der Waals surface area contributed by atoms with Crippen LogP contribution in [-0.2, 0) is 6.42 Å². The molecule has 3 N–H and O–H groups in total. The Morgan fingerprint density at radius 3 is 2.59 bits per heavy atom. The topological polar surface area (TPSA) is 55.5 Å². The van der Waals surface area contributed by atoms with Crippen LogP contribution in [0.2, 0.25) is 5.02 Å². The van der Waals surface area contributed by atoms with Crippen LogP contribution in [0.1, 0.15) is 12.5 Å². The average Bonchev–Trinajstić information content (AvgIpc) is 2.22. The summed E-state index contributed by atoms with van der Waals surface area (Å²) in [4.78, 5) is 0. The third-order valence-corrected chi connectivity index (χ3v) is 2.63. The Kier molecular flexibility index (Phi) is 4.16. The minimum absolute atomic E-state index is 0.137. The van der Waals surface area contributed by atoms with Crippen LogP contribution in [0, 0.1) is 0 Å².